The lowest BCUT2D eigenvalue weighted by atomic mass is 10.1. The predicted molar refractivity (Wildman–Crippen MR) is 67.7 cm³/mol. The van der Waals surface area contributed by atoms with Crippen LogP contribution in [-0.2, 0) is 16.0 Å². The Kier molecular flexibility index (Phi) is 5.80. The van der Waals surface area contributed by atoms with Gasteiger partial charge in [-0.3, -0.25) is 4.79 Å². The summed E-state index contributed by atoms with van der Waals surface area (Å²) in [6, 6.07) is 5.45. The van der Waals surface area contributed by atoms with E-state index in [1.165, 1.54) is 0 Å². The van der Waals surface area contributed by atoms with Crippen LogP contribution in [0.15, 0.2) is 22.7 Å². The van der Waals surface area contributed by atoms with Crippen LogP contribution in [0.25, 0.3) is 0 Å². The molecule has 1 aromatic rings. The van der Waals surface area contributed by atoms with Gasteiger partial charge in [0.2, 0.25) is 5.91 Å². The highest BCUT2D eigenvalue weighted by atomic mass is 79.9. The first-order valence-corrected chi connectivity index (χ1v) is 6.00. The lowest BCUT2D eigenvalue weighted by molar-refractivity contribution is -0.120. The molecule has 0 saturated heterocycles. The van der Waals surface area contributed by atoms with Crippen LogP contribution in [0.4, 0.5) is 0 Å². The fourth-order valence-corrected chi connectivity index (χ4v) is 1.73. The molecule has 0 heterocycles. The summed E-state index contributed by atoms with van der Waals surface area (Å²) >= 11 is 9.17. The molecule has 0 bridgehead atoms. The maximum Gasteiger partial charge on any atom is 0.224 e. The van der Waals surface area contributed by atoms with Crippen LogP contribution in [0, 0.1) is 0 Å². The van der Waals surface area contributed by atoms with Crippen LogP contribution in [0.2, 0.25) is 5.02 Å². The van der Waals surface area contributed by atoms with Gasteiger partial charge in [0.1, 0.15) is 0 Å². The van der Waals surface area contributed by atoms with Crippen LogP contribution in [0.5, 0.6) is 0 Å². The largest absolute Gasteiger partial charge is 0.383 e. The minimum absolute atomic E-state index is 0.0220. The number of benzene rings is 1. The number of ether oxygens (including phenoxy) is 1. The number of hydrogen-bond donors (Lipinski definition) is 1. The van der Waals surface area contributed by atoms with E-state index < -0.39 is 0 Å². The second kappa shape index (κ2) is 6.89. The van der Waals surface area contributed by atoms with Crippen LogP contribution >= 0.6 is 27.5 Å². The number of carbonyl (C=O) groups is 1. The lowest BCUT2D eigenvalue weighted by Gasteiger charge is -2.05. The minimum atomic E-state index is -0.0220. The topological polar surface area (TPSA) is 38.3 Å². The van der Waals surface area contributed by atoms with Gasteiger partial charge in [-0.05, 0) is 33.6 Å². The van der Waals surface area contributed by atoms with Gasteiger partial charge >= 0.3 is 0 Å². The average molecular weight is 307 g/mol. The second-order valence-electron chi connectivity index (χ2n) is 3.27. The number of halogens is 2. The summed E-state index contributed by atoms with van der Waals surface area (Å²) in [5.41, 5.74) is 0.922. The van der Waals surface area contributed by atoms with E-state index in [0.717, 1.165) is 10.0 Å². The molecule has 1 rings (SSSR count). The average Bonchev–Trinajstić information content (AvgIpc) is 2.24. The third kappa shape index (κ3) is 4.51. The van der Waals surface area contributed by atoms with E-state index >= 15 is 0 Å². The second-order valence-corrected chi connectivity index (χ2v) is 4.53. The predicted octanol–water partition coefficient (Wildman–Crippen LogP) is 2.41. The summed E-state index contributed by atoms with van der Waals surface area (Å²) in [7, 11) is 1.60. The van der Waals surface area contributed by atoms with Gasteiger partial charge in [-0.15, -0.1) is 0 Å². The molecule has 0 spiro atoms. The van der Waals surface area contributed by atoms with E-state index in [1.807, 2.05) is 12.1 Å². The summed E-state index contributed by atoms with van der Waals surface area (Å²) in [4.78, 5) is 11.5. The molecule has 0 aliphatic carbocycles. The zero-order valence-corrected chi connectivity index (χ0v) is 11.3. The molecule has 5 heteroatoms. The van der Waals surface area contributed by atoms with Crippen molar-refractivity contribution < 1.29 is 9.53 Å². The molecule has 88 valence electrons. The summed E-state index contributed by atoms with van der Waals surface area (Å²) in [5.74, 6) is -0.0220. The third-order valence-corrected chi connectivity index (χ3v) is 3.19. The summed E-state index contributed by atoms with van der Waals surface area (Å²) in [6.07, 6.45) is 0.347. The third-order valence-electron chi connectivity index (χ3n) is 1.98. The molecule has 0 unspecified atom stereocenters. The highest BCUT2D eigenvalue weighted by molar-refractivity contribution is 9.10. The molecule has 0 fully saturated rings. The Labute approximate surface area is 108 Å². The van der Waals surface area contributed by atoms with Crippen molar-refractivity contribution in [1.29, 1.82) is 0 Å². The van der Waals surface area contributed by atoms with E-state index in [4.69, 9.17) is 16.3 Å². The van der Waals surface area contributed by atoms with Crippen molar-refractivity contribution in [2.24, 2.45) is 0 Å². The Morgan fingerprint density at radius 2 is 2.31 bits per heavy atom. The monoisotopic (exact) mass is 305 g/mol. The maximum absolute atomic E-state index is 11.5. The first-order valence-electron chi connectivity index (χ1n) is 4.83. The van der Waals surface area contributed by atoms with Gasteiger partial charge in [0.05, 0.1) is 18.1 Å². The van der Waals surface area contributed by atoms with Gasteiger partial charge in [0.25, 0.3) is 0 Å². The number of methoxy groups -OCH3 is 1. The Morgan fingerprint density at radius 3 is 2.94 bits per heavy atom. The van der Waals surface area contributed by atoms with Crippen molar-refractivity contribution >= 4 is 33.4 Å². The number of rotatable bonds is 5. The molecule has 16 heavy (non-hydrogen) atoms. The van der Waals surface area contributed by atoms with E-state index in [-0.39, 0.29) is 5.91 Å². The van der Waals surface area contributed by atoms with Gasteiger partial charge in [0.15, 0.2) is 0 Å². The highest BCUT2D eigenvalue weighted by Gasteiger charge is 2.04. The van der Waals surface area contributed by atoms with Crippen molar-refractivity contribution in [1.82, 2.24) is 5.32 Å². The Balaban J connectivity index is 2.46. The number of hydrogen-bond acceptors (Lipinski definition) is 2. The number of carbonyl (C=O) groups excluding carboxylic acids is 1. The van der Waals surface area contributed by atoms with Crippen LogP contribution in [0.3, 0.4) is 0 Å². The van der Waals surface area contributed by atoms with Gasteiger partial charge in [0, 0.05) is 18.1 Å². The van der Waals surface area contributed by atoms with Crippen molar-refractivity contribution in [2.45, 2.75) is 6.42 Å². The van der Waals surface area contributed by atoms with Crippen molar-refractivity contribution in [2.75, 3.05) is 20.3 Å². The first-order chi connectivity index (χ1) is 7.63. The van der Waals surface area contributed by atoms with E-state index in [1.54, 1.807) is 13.2 Å². The molecule has 1 N–H and O–H groups in total. The first kappa shape index (κ1) is 13.5. The molecule has 0 atom stereocenters. The highest BCUT2D eigenvalue weighted by Crippen LogP contribution is 2.23. The van der Waals surface area contributed by atoms with E-state index in [9.17, 15) is 4.79 Å². The zero-order chi connectivity index (χ0) is 12.0. The fraction of sp³-hybridized carbons (Fsp3) is 0.364. The molecular formula is C11H13BrClNO2. The molecule has 0 radical (unpaired) electrons. The standard InChI is InChI=1S/C11H13BrClNO2/c1-16-5-4-14-11(15)7-8-2-3-10(13)9(12)6-8/h2-3,6H,4-5,7H2,1H3,(H,14,15). The summed E-state index contributed by atoms with van der Waals surface area (Å²) in [6.45, 7) is 1.06. The van der Waals surface area contributed by atoms with Gasteiger partial charge < -0.3 is 10.1 Å². The quantitative estimate of drug-likeness (QED) is 0.848. The maximum atomic E-state index is 11.5. The molecule has 1 aromatic carbocycles. The number of amides is 1. The summed E-state index contributed by atoms with van der Waals surface area (Å²) < 4.78 is 5.64. The van der Waals surface area contributed by atoms with Gasteiger partial charge in [-0.2, -0.15) is 0 Å². The van der Waals surface area contributed by atoms with Crippen molar-refractivity contribution in [3.8, 4) is 0 Å². The molecule has 3 nitrogen and oxygen atoms in total. The Hall–Kier alpha value is -0.580. The van der Waals surface area contributed by atoms with E-state index in [2.05, 4.69) is 21.2 Å². The van der Waals surface area contributed by atoms with E-state index in [0.29, 0.717) is 24.6 Å². The lowest BCUT2D eigenvalue weighted by Crippen LogP contribution is -2.28. The molecular weight excluding hydrogens is 293 g/mol. The van der Waals surface area contributed by atoms with Gasteiger partial charge in [-0.1, -0.05) is 17.7 Å². The molecule has 0 aliphatic heterocycles. The molecule has 0 aliphatic rings. The Bertz CT molecular complexity index is 371. The fourth-order valence-electron chi connectivity index (χ4n) is 1.19. The van der Waals surface area contributed by atoms with Gasteiger partial charge in [-0.25, -0.2) is 0 Å². The molecule has 1 amide bonds. The van der Waals surface area contributed by atoms with Crippen LogP contribution in [0.1, 0.15) is 5.56 Å². The normalized spacial score (nSPS) is 10.2. The van der Waals surface area contributed by atoms with Crippen LogP contribution in [-0.4, -0.2) is 26.2 Å². The molecule has 0 saturated carbocycles. The SMILES string of the molecule is COCCNC(=O)Cc1ccc(Cl)c(Br)c1. The molecule has 0 aromatic heterocycles. The minimum Gasteiger partial charge on any atom is -0.383 e. The van der Waals surface area contributed by atoms with Crippen molar-refractivity contribution in [3.63, 3.8) is 0 Å². The Morgan fingerprint density at radius 1 is 1.56 bits per heavy atom. The van der Waals surface area contributed by atoms with Crippen molar-refractivity contribution in [3.05, 3.63) is 33.3 Å². The summed E-state index contributed by atoms with van der Waals surface area (Å²) in [5, 5.41) is 3.40. The van der Waals surface area contributed by atoms with Crippen LogP contribution < -0.4 is 5.32 Å². The zero-order valence-electron chi connectivity index (χ0n) is 8.93. The number of nitrogens with one attached hydrogen (secondary N) is 1. The smallest absolute Gasteiger partial charge is 0.224 e.